The smallest absolute Gasteiger partial charge is 0.124 e. The fourth-order valence-electron chi connectivity index (χ4n) is 1.58. The molecule has 0 aromatic carbocycles. The van der Waals surface area contributed by atoms with E-state index in [9.17, 15) is 0 Å². The molecular weight excluding hydrogens is 176 g/mol. The third kappa shape index (κ3) is 1.93. The van der Waals surface area contributed by atoms with Crippen LogP contribution in [0.3, 0.4) is 0 Å². The largest absolute Gasteiger partial charge is 0.384 e. The zero-order valence-corrected chi connectivity index (χ0v) is 8.21. The lowest BCUT2D eigenvalue weighted by molar-refractivity contribution is 0.161. The van der Waals surface area contributed by atoms with Gasteiger partial charge in [-0.15, -0.1) is 0 Å². The van der Waals surface area contributed by atoms with Gasteiger partial charge in [0.1, 0.15) is 5.82 Å². The van der Waals surface area contributed by atoms with Gasteiger partial charge in [-0.2, -0.15) is 0 Å². The van der Waals surface area contributed by atoms with Crippen molar-refractivity contribution in [1.29, 1.82) is 0 Å². The van der Waals surface area contributed by atoms with E-state index < -0.39 is 0 Å². The van der Waals surface area contributed by atoms with E-state index in [2.05, 4.69) is 17.1 Å². The Kier molecular flexibility index (Phi) is 2.50. The van der Waals surface area contributed by atoms with E-state index in [1.54, 1.807) is 0 Å². The van der Waals surface area contributed by atoms with Gasteiger partial charge in [0.15, 0.2) is 0 Å². The van der Waals surface area contributed by atoms with Gasteiger partial charge in [-0.3, -0.25) is 0 Å². The number of nitrogens with zero attached hydrogens (tertiary/aromatic N) is 1. The molecule has 1 aliphatic heterocycles. The number of ether oxygens (including phenoxy) is 1. The van der Waals surface area contributed by atoms with Gasteiger partial charge in [0.2, 0.25) is 0 Å². The summed E-state index contributed by atoms with van der Waals surface area (Å²) in [6.45, 7) is 3.37. The number of rotatable bonds is 1. The van der Waals surface area contributed by atoms with Crippen molar-refractivity contribution < 1.29 is 4.74 Å². The van der Waals surface area contributed by atoms with Gasteiger partial charge >= 0.3 is 0 Å². The highest BCUT2D eigenvalue weighted by molar-refractivity contribution is 5.67. The predicted octanol–water partition coefficient (Wildman–Crippen LogP) is 1.58. The van der Waals surface area contributed by atoms with E-state index in [0.29, 0.717) is 12.4 Å². The molecule has 0 bridgehead atoms. The second-order valence-corrected chi connectivity index (χ2v) is 3.36. The van der Waals surface area contributed by atoms with Crippen LogP contribution in [0.5, 0.6) is 0 Å². The maximum absolute atomic E-state index is 5.68. The van der Waals surface area contributed by atoms with Crippen LogP contribution in [0.2, 0.25) is 0 Å². The SMILES string of the molecule is Cc1[c]c(C2=CCOCC2)cc(N)n1. The molecule has 2 rings (SSSR count). The molecule has 2 heterocycles. The highest BCUT2D eigenvalue weighted by Gasteiger charge is 2.07. The maximum atomic E-state index is 5.68. The van der Waals surface area contributed by atoms with Crippen molar-refractivity contribution in [3.05, 3.63) is 29.5 Å². The van der Waals surface area contributed by atoms with Gasteiger partial charge in [0.25, 0.3) is 0 Å². The minimum absolute atomic E-state index is 0.559. The molecule has 73 valence electrons. The Morgan fingerprint density at radius 1 is 1.57 bits per heavy atom. The van der Waals surface area contributed by atoms with Crippen molar-refractivity contribution in [2.24, 2.45) is 0 Å². The highest BCUT2D eigenvalue weighted by Crippen LogP contribution is 2.22. The van der Waals surface area contributed by atoms with Crippen molar-refractivity contribution in [2.75, 3.05) is 18.9 Å². The van der Waals surface area contributed by atoms with Gasteiger partial charge in [-0.1, -0.05) is 6.08 Å². The van der Waals surface area contributed by atoms with Crippen LogP contribution in [-0.4, -0.2) is 18.2 Å². The molecule has 3 nitrogen and oxygen atoms in total. The summed E-state index contributed by atoms with van der Waals surface area (Å²) in [6.07, 6.45) is 3.01. The van der Waals surface area contributed by atoms with E-state index in [1.807, 2.05) is 13.0 Å². The average molecular weight is 189 g/mol. The minimum atomic E-state index is 0.559. The van der Waals surface area contributed by atoms with Crippen LogP contribution in [0.1, 0.15) is 17.7 Å². The lowest BCUT2D eigenvalue weighted by Gasteiger charge is -2.13. The van der Waals surface area contributed by atoms with Crippen LogP contribution in [0.4, 0.5) is 5.82 Å². The topological polar surface area (TPSA) is 48.1 Å². The number of pyridine rings is 1. The van der Waals surface area contributed by atoms with Crippen molar-refractivity contribution in [3.63, 3.8) is 0 Å². The van der Waals surface area contributed by atoms with Crippen LogP contribution >= 0.6 is 0 Å². The Balaban J connectivity index is 2.35. The molecule has 0 aliphatic carbocycles. The molecule has 0 saturated carbocycles. The van der Waals surface area contributed by atoms with Crippen LogP contribution < -0.4 is 5.73 Å². The zero-order chi connectivity index (χ0) is 9.97. The van der Waals surface area contributed by atoms with Crippen molar-refractivity contribution in [2.45, 2.75) is 13.3 Å². The molecule has 1 aromatic rings. The Bertz CT molecular complexity index is 351. The number of aryl methyl sites for hydroxylation is 1. The first-order valence-corrected chi connectivity index (χ1v) is 4.69. The molecule has 1 radical (unpaired) electrons. The quantitative estimate of drug-likeness (QED) is 0.729. The molecule has 14 heavy (non-hydrogen) atoms. The van der Waals surface area contributed by atoms with E-state index in [0.717, 1.165) is 24.3 Å². The highest BCUT2D eigenvalue weighted by atomic mass is 16.5. The van der Waals surface area contributed by atoms with E-state index in [-0.39, 0.29) is 0 Å². The van der Waals surface area contributed by atoms with Gasteiger partial charge in [-0.05, 0) is 30.5 Å². The number of nitrogens with two attached hydrogens (primary N) is 1. The summed E-state index contributed by atoms with van der Waals surface area (Å²) in [6, 6.07) is 5.07. The van der Waals surface area contributed by atoms with Crippen molar-refractivity contribution in [3.8, 4) is 0 Å². The summed E-state index contributed by atoms with van der Waals surface area (Å²) in [7, 11) is 0. The summed E-state index contributed by atoms with van der Waals surface area (Å²) < 4.78 is 5.24. The lowest BCUT2D eigenvalue weighted by atomic mass is 10.0. The van der Waals surface area contributed by atoms with Gasteiger partial charge in [0.05, 0.1) is 13.2 Å². The molecule has 0 atom stereocenters. The molecule has 1 aromatic heterocycles. The normalized spacial score (nSPS) is 16.5. The number of nitrogen functional groups attached to an aromatic ring is 1. The van der Waals surface area contributed by atoms with E-state index >= 15 is 0 Å². The summed E-state index contributed by atoms with van der Waals surface area (Å²) in [5, 5.41) is 0. The molecule has 0 amide bonds. The Hall–Kier alpha value is -1.35. The maximum Gasteiger partial charge on any atom is 0.124 e. The van der Waals surface area contributed by atoms with Crippen LogP contribution in [0.15, 0.2) is 12.1 Å². The predicted molar refractivity (Wildman–Crippen MR) is 55.6 cm³/mol. The number of aromatic nitrogens is 1. The second kappa shape index (κ2) is 3.80. The molecule has 2 N–H and O–H groups in total. The third-order valence-electron chi connectivity index (χ3n) is 2.21. The molecule has 0 spiro atoms. The Morgan fingerprint density at radius 2 is 2.43 bits per heavy atom. The number of hydrogen-bond acceptors (Lipinski definition) is 3. The standard InChI is InChI=1S/C11H13N2O/c1-8-6-10(7-11(12)13-8)9-2-4-14-5-3-9/h2,7H,3-5H2,1H3,(H2,12,13). The van der Waals surface area contributed by atoms with Crippen LogP contribution in [0.25, 0.3) is 5.57 Å². The fourth-order valence-corrected chi connectivity index (χ4v) is 1.58. The summed E-state index contributed by atoms with van der Waals surface area (Å²) >= 11 is 0. The van der Waals surface area contributed by atoms with Crippen molar-refractivity contribution >= 4 is 11.4 Å². The average Bonchev–Trinajstić information content (AvgIpc) is 2.18. The molecule has 0 fully saturated rings. The van der Waals surface area contributed by atoms with Gasteiger partial charge < -0.3 is 10.5 Å². The number of hydrogen-bond donors (Lipinski definition) is 1. The lowest BCUT2D eigenvalue weighted by Crippen LogP contribution is -2.05. The first-order valence-electron chi connectivity index (χ1n) is 4.69. The second-order valence-electron chi connectivity index (χ2n) is 3.36. The first-order chi connectivity index (χ1) is 6.75. The monoisotopic (exact) mass is 189 g/mol. The van der Waals surface area contributed by atoms with Crippen LogP contribution in [-0.2, 0) is 4.74 Å². The van der Waals surface area contributed by atoms with Crippen molar-refractivity contribution in [1.82, 2.24) is 4.98 Å². The fraction of sp³-hybridized carbons (Fsp3) is 0.364. The molecular formula is C11H13N2O. The van der Waals surface area contributed by atoms with E-state index in [1.165, 1.54) is 5.57 Å². The van der Waals surface area contributed by atoms with Gasteiger partial charge in [0, 0.05) is 11.8 Å². The summed E-state index contributed by atoms with van der Waals surface area (Å²) in [4.78, 5) is 4.09. The molecule has 0 saturated heterocycles. The van der Waals surface area contributed by atoms with E-state index in [4.69, 9.17) is 10.5 Å². The minimum Gasteiger partial charge on any atom is -0.384 e. The van der Waals surface area contributed by atoms with Gasteiger partial charge in [-0.25, -0.2) is 4.98 Å². The third-order valence-corrected chi connectivity index (χ3v) is 2.21. The molecule has 1 aliphatic rings. The Morgan fingerprint density at radius 3 is 3.07 bits per heavy atom. The number of anilines is 1. The first kappa shape index (κ1) is 9.21. The molecule has 0 unspecified atom stereocenters. The summed E-state index contributed by atoms with van der Waals surface area (Å²) in [5.74, 6) is 0.559. The molecule has 3 heteroatoms. The van der Waals surface area contributed by atoms with Crippen LogP contribution in [0, 0.1) is 13.0 Å². The Labute approximate surface area is 83.6 Å². The zero-order valence-electron chi connectivity index (χ0n) is 8.21. The summed E-state index contributed by atoms with van der Waals surface area (Å²) in [5.41, 5.74) is 8.83.